The molecule has 0 amide bonds. The van der Waals surface area contributed by atoms with Gasteiger partial charge in [-0.3, -0.25) is 0 Å². The van der Waals surface area contributed by atoms with Gasteiger partial charge in [0.25, 0.3) is 0 Å². The van der Waals surface area contributed by atoms with Crippen molar-refractivity contribution in [2.45, 2.75) is 33.1 Å². The van der Waals surface area contributed by atoms with Gasteiger partial charge < -0.3 is 10.2 Å². The zero-order valence-corrected chi connectivity index (χ0v) is 16.4. The van der Waals surface area contributed by atoms with Gasteiger partial charge in [-0.05, 0) is 52.4 Å². The molecule has 0 aliphatic carbocycles. The molecule has 2 N–H and O–H groups in total. The molecule has 0 aliphatic heterocycles. The van der Waals surface area contributed by atoms with E-state index in [1.807, 2.05) is 24.3 Å². The Morgan fingerprint density at radius 2 is 0.963 bits per heavy atom. The van der Waals surface area contributed by atoms with Gasteiger partial charge in [-0.25, -0.2) is 0 Å². The first kappa shape index (κ1) is 19.0. The molecule has 0 bridgehead atoms. The van der Waals surface area contributed by atoms with Gasteiger partial charge in [0.2, 0.25) is 0 Å². The minimum Gasteiger partial charge on any atom is -0.508 e. The molecule has 0 spiro atoms. The van der Waals surface area contributed by atoms with Crippen LogP contribution >= 0.6 is 0 Å². The maximum atomic E-state index is 9.57. The second-order valence-corrected chi connectivity index (χ2v) is 7.86. The molecule has 0 heterocycles. The molecular formula is C25H27O2. The van der Waals surface area contributed by atoms with Crippen molar-refractivity contribution < 1.29 is 10.2 Å². The van der Waals surface area contributed by atoms with Crippen LogP contribution in [0.15, 0.2) is 72.8 Å². The number of rotatable bonds is 5. The van der Waals surface area contributed by atoms with Crippen LogP contribution in [0.5, 0.6) is 11.5 Å². The molecule has 0 unspecified atom stereocenters. The Morgan fingerprint density at radius 3 is 1.37 bits per heavy atom. The summed E-state index contributed by atoms with van der Waals surface area (Å²) in [6, 6.07) is 23.6. The van der Waals surface area contributed by atoms with Crippen molar-refractivity contribution in [3.63, 3.8) is 0 Å². The summed E-state index contributed by atoms with van der Waals surface area (Å²) in [6.45, 7) is 8.77. The van der Waals surface area contributed by atoms with Gasteiger partial charge in [-0.2, -0.15) is 0 Å². The summed E-state index contributed by atoms with van der Waals surface area (Å²) >= 11 is 0. The molecular weight excluding hydrogens is 332 g/mol. The quantitative estimate of drug-likeness (QED) is 0.582. The maximum absolute atomic E-state index is 9.57. The molecule has 3 aromatic carbocycles. The minimum atomic E-state index is -0.150. The van der Waals surface area contributed by atoms with E-state index in [0.29, 0.717) is 5.92 Å². The highest BCUT2D eigenvalue weighted by atomic mass is 16.3. The van der Waals surface area contributed by atoms with Crippen molar-refractivity contribution in [3.05, 3.63) is 101 Å². The van der Waals surface area contributed by atoms with Crippen LogP contribution in [0.2, 0.25) is 0 Å². The van der Waals surface area contributed by atoms with Crippen LogP contribution in [0, 0.1) is 11.8 Å². The highest BCUT2D eigenvalue weighted by Crippen LogP contribution is 2.36. The largest absolute Gasteiger partial charge is 0.508 e. The van der Waals surface area contributed by atoms with Gasteiger partial charge in [-0.1, -0.05) is 76.2 Å². The first-order valence-electron chi connectivity index (χ1n) is 9.35. The maximum Gasteiger partial charge on any atom is 0.115 e. The van der Waals surface area contributed by atoms with Crippen molar-refractivity contribution in [3.8, 4) is 11.5 Å². The van der Waals surface area contributed by atoms with Gasteiger partial charge in [0, 0.05) is 11.3 Å². The normalized spacial score (nSPS) is 11.9. The van der Waals surface area contributed by atoms with Crippen LogP contribution in [0.4, 0.5) is 0 Å². The number of benzene rings is 3. The molecule has 27 heavy (non-hydrogen) atoms. The predicted molar refractivity (Wildman–Crippen MR) is 111 cm³/mol. The lowest BCUT2D eigenvalue weighted by Gasteiger charge is -2.27. The van der Waals surface area contributed by atoms with Crippen molar-refractivity contribution in [2.24, 2.45) is 5.92 Å². The average molecular weight is 359 g/mol. The lowest BCUT2D eigenvalue weighted by atomic mass is 9.76. The van der Waals surface area contributed by atoms with Crippen molar-refractivity contribution >= 4 is 0 Å². The lowest BCUT2D eigenvalue weighted by Crippen LogP contribution is -2.19. The van der Waals surface area contributed by atoms with Gasteiger partial charge in [-0.15, -0.1) is 0 Å². The van der Waals surface area contributed by atoms with Crippen LogP contribution in [0.1, 0.15) is 49.9 Å². The Morgan fingerprint density at radius 1 is 0.630 bits per heavy atom. The third kappa shape index (κ3) is 4.00. The Kier molecular flexibility index (Phi) is 5.27. The van der Waals surface area contributed by atoms with E-state index in [1.165, 1.54) is 22.6 Å². The van der Waals surface area contributed by atoms with E-state index in [-0.39, 0.29) is 16.9 Å². The third-order valence-electron chi connectivity index (χ3n) is 5.26. The summed E-state index contributed by atoms with van der Waals surface area (Å²) in [5.41, 5.74) is 4.57. The summed E-state index contributed by atoms with van der Waals surface area (Å²) < 4.78 is 0. The fourth-order valence-electron chi connectivity index (χ4n) is 3.59. The Hall–Kier alpha value is -2.74. The summed E-state index contributed by atoms with van der Waals surface area (Å²) in [5.74, 6) is 2.21. The zero-order valence-electron chi connectivity index (χ0n) is 16.4. The van der Waals surface area contributed by atoms with E-state index in [4.69, 9.17) is 0 Å². The zero-order chi connectivity index (χ0) is 19.6. The number of hydrogen-bond donors (Lipinski definition) is 2. The van der Waals surface area contributed by atoms with Crippen LogP contribution < -0.4 is 0 Å². The highest BCUT2D eigenvalue weighted by molar-refractivity contribution is 5.50. The molecule has 0 atom stereocenters. The van der Waals surface area contributed by atoms with Gasteiger partial charge >= 0.3 is 0 Å². The van der Waals surface area contributed by atoms with Crippen LogP contribution in [0.3, 0.4) is 0 Å². The molecule has 3 aromatic rings. The fraction of sp³-hybridized carbons (Fsp3) is 0.240. The smallest absolute Gasteiger partial charge is 0.115 e. The SMILES string of the molecule is CC(C)[C](c1ccc(O)cc1)c1ccc(C(C)(C)c2ccc(O)cc2)cc1. The standard InChI is InChI=1S/C25H27O2/c1-17(2)24(19-7-13-22(26)14-8-19)18-5-9-20(10-6-18)25(3,4)21-11-15-23(27)16-12-21/h5-17,26-27H,1-4H3. The predicted octanol–water partition coefficient (Wildman–Crippen LogP) is 6.05. The summed E-state index contributed by atoms with van der Waals surface area (Å²) in [6.07, 6.45) is 0. The monoisotopic (exact) mass is 359 g/mol. The number of aromatic hydroxyl groups is 2. The van der Waals surface area contributed by atoms with Gasteiger partial charge in [0.1, 0.15) is 11.5 Å². The van der Waals surface area contributed by atoms with Gasteiger partial charge in [0.05, 0.1) is 0 Å². The van der Waals surface area contributed by atoms with Crippen LogP contribution in [-0.2, 0) is 5.41 Å². The second kappa shape index (κ2) is 7.48. The van der Waals surface area contributed by atoms with Crippen molar-refractivity contribution in [1.82, 2.24) is 0 Å². The van der Waals surface area contributed by atoms with E-state index in [2.05, 4.69) is 52.0 Å². The second-order valence-electron chi connectivity index (χ2n) is 7.86. The molecule has 0 aromatic heterocycles. The topological polar surface area (TPSA) is 40.5 Å². The molecule has 139 valence electrons. The Labute approximate surface area is 162 Å². The third-order valence-corrected chi connectivity index (χ3v) is 5.26. The van der Waals surface area contributed by atoms with Crippen LogP contribution in [-0.4, -0.2) is 10.2 Å². The van der Waals surface area contributed by atoms with Crippen LogP contribution in [0.25, 0.3) is 0 Å². The number of hydrogen-bond acceptors (Lipinski definition) is 2. The first-order chi connectivity index (χ1) is 12.8. The minimum absolute atomic E-state index is 0.150. The number of phenols is 2. The average Bonchev–Trinajstić information content (AvgIpc) is 2.64. The summed E-state index contributed by atoms with van der Waals surface area (Å²) in [5, 5.41) is 19.1. The van der Waals surface area contributed by atoms with E-state index in [1.54, 1.807) is 24.3 Å². The Bertz CT molecular complexity index is 873. The Balaban J connectivity index is 1.93. The fourth-order valence-corrected chi connectivity index (χ4v) is 3.59. The van der Waals surface area contributed by atoms with Gasteiger partial charge in [0.15, 0.2) is 0 Å². The number of phenolic OH excluding ortho intramolecular Hbond substituents is 2. The van der Waals surface area contributed by atoms with E-state index in [0.717, 1.165) is 5.56 Å². The first-order valence-corrected chi connectivity index (χ1v) is 9.35. The summed E-state index contributed by atoms with van der Waals surface area (Å²) in [7, 11) is 0. The lowest BCUT2D eigenvalue weighted by molar-refractivity contribution is 0.474. The van der Waals surface area contributed by atoms with Crippen molar-refractivity contribution in [2.75, 3.05) is 0 Å². The summed E-state index contributed by atoms with van der Waals surface area (Å²) in [4.78, 5) is 0. The molecule has 2 nitrogen and oxygen atoms in total. The molecule has 0 saturated carbocycles. The molecule has 0 aliphatic rings. The molecule has 1 radical (unpaired) electrons. The van der Waals surface area contributed by atoms with Crippen molar-refractivity contribution in [1.29, 1.82) is 0 Å². The van der Waals surface area contributed by atoms with E-state index < -0.39 is 0 Å². The van der Waals surface area contributed by atoms with E-state index in [9.17, 15) is 10.2 Å². The molecule has 0 fully saturated rings. The molecule has 2 heteroatoms. The van der Waals surface area contributed by atoms with E-state index >= 15 is 0 Å². The molecule has 3 rings (SSSR count). The highest BCUT2D eigenvalue weighted by Gasteiger charge is 2.24. The molecule has 0 saturated heterocycles.